The van der Waals surface area contributed by atoms with Crippen molar-refractivity contribution in [3.8, 4) is 16.2 Å². The summed E-state index contributed by atoms with van der Waals surface area (Å²) in [6.07, 6.45) is 0. The Labute approximate surface area is 103 Å². The highest BCUT2D eigenvalue weighted by molar-refractivity contribution is 7.13. The third kappa shape index (κ3) is 2.65. The van der Waals surface area contributed by atoms with E-state index < -0.39 is 5.97 Å². The molecule has 1 heterocycles. The summed E-state index contributed by atoms with van der Waals surface area (Å²) >= 11 is 1.42. The van der Waals surface area contributed by atoms with Crippen LogP contribution in [-0.2, 0) is 0 Å². The minimum Gasteiger partial charge on any atom is -0.494 e. The van der Waals surface area contributed by atoms with Gasteiger partial charge in [-0.3, -0.25) is 0 Å². The van der Waals surface area contributed by atoms with Crippen molar-refractivity contribution in [2.45, 2.75) is 6.92 Å². The molecule has 0 fully saturated rings. The fourth-order valence-electron chi connectivity index (χ4n) is 1.51. The Kier molecular flexibility index (Phi) is 3.44. The average Bonchev–Trinajstić information content (AvgIpc) is 2.79. The van der Waals surface area contributed by atoms with Gasteiger partial charge in [-0.1, -0.05) is 12.1 Å². The second-order valence-electron chi connectivity index (χ2n) is 3.47. The highest BCUT2D eigenvalue weighted by atomic mass is 32.1. The molecule has 0 aliphatic rings. The van der Waals surface area contributed by atoms with E-state index in [1.165, 1.54) is 11.3 Å². The summed E-state index contributed by atoms with van der Waals surface area (Å²) in [5.74, 6) is -0.0938. The number of carboxylic acids is 1. The van der Waals surface area contributed by atoms with Crippen LogP contribution in [0, 0.1) is 0 Å². The van der Waals surface area contributed by atoms with Crippen LogP contribution in [0.4, 0.5) is 0 Å². The predicted molar refractivity (Wildman–Crippen MR) is 67.9 cm³/mol. The van der Waals surface area contributed by atoms with Crippen molar-refractivity contribution in [1.82, 2.24) is 0 Å². The van der Waals surface area contributed by atoms with Crippen LogP contribution in [0.1, 0.15) is 17.3 Å². The van der Waals surface area contributed by atoms with E-state index in [9.17, 15) is 4.79 Å². The van der Waals surface area contributed by atoms with Crippen LogP contribution >= 0.6 is 11.3 Å². The maximum absolute atomic E-state index is 10.8. The van der Waals surface area contributed by atoms with Crippen molar-refractivity contribution < 1.29 is 14.6 Å². The molecular formula is C13H12O3S. The molecule has 88 valence electrons. The molecule has 0 unspecified atom stereocenters. The number of aromatic carboxylic acids is 1. The van der Waals surface area contributed by atoms with Gasteiger partial charge in [-0.05, 0) is 30.7 Å². The number of carbonyl (C=O) groups is 1. The fraction of sp³-hybridized carbons (Fsp3) is 0.154. The van der Waals surface area contributed by atoms with Gasteiger partial charge in [0.15, 0.2) is 0 Å². The zero-order valence-corrected chi connectivity index (χ0v) is 10.2. The minimum atomic E-state index is -0.895. The Morgan fingerprint density at radius 3 is 2.88 bits per heavy atom. The van der Waals surface area contributed by atoms with Crippen LogP contribution in [0.5, 0.6) is 5.75 Å². The smallest absolute Gasteiger partial charge is 0.336 e. The first-order valence-electron chi connectivity index (χ1n) is 5.25. The van der Waals surface area contributed by atoms with Crippen LogP contribution < -0.4 is 4.74 Å². The van der Waals surface area contributed by atoms with E-state index in [2.05, 4.69) is 0 Å². The molecule has 0 saturated heterocycles. The Balaban J connectivity index is 2.31. The van der Waals surface area contributed by atoms with Crippen molar-refractivity contribution in [2.75, 3.05) is 6.61 Å². The zero-order valence-electron chi connectivity index (χ0n) is 9.34. The number of hydrogen-bond acceptors (Lipinski definition) is 3. The number of benzene rings is 1. The summed E-state index contributed by atoms with van der Waals surface area (Å²) < 4.78 is 5.41. The minimum absolute atomic E-state index is 0.326. The van der Waals surface area contributed by atoms with Crippen LogP contribution in [0.15, 0.2) is 35.7 Å². The van der Waals surface area contributed by atoms with Gasteiger partial charge in [-0.25, -0.2) is 4.79 Å². The summed E-state index contributed by atoms with van der Waals surface area (Å²) in [6, 6.07) is 9.33. The Bertz CT molecular complexity index is 531. The van der Waals surface area contributed by atoms with Gasteiger partial charge in [0.25, 0.3) is 0 Å². The molecular weight excluding hydrogens is 236 g/mol. The number of hydrogen-bond donors (Lipinski definition) is 1. The van der Waals surface area contributed by atoms with Crippen molar-refractivity contribution in [1.29, 1.82) is 0 Å². The molecule has 0 bridgehead atoms. The molecule has 0 aliphatic heterocycles. The van der Waals surface area contributed by atoms with Gasteiger partial charge in [-0.2, -0.15) is 0 Å². The molecule has 0 amide bonds. The van der Waals surface area contributed by atoms with Crippen molar-refractivity contribution >= 4 is 17.3 Å². The van der Waals surface area contributed by atoms with E-state index in [1.54, 1.807) is 11.4 Å². The fourth-order valence-corrected chi connectivity index (χ4v) is 2.39. The number of rotatable bonds is 4. The molecule has 3 nitrogen and oxygen atoms in total. The second kappa shape index (κ2) is 5.01. The molecule has 2 rings (SSSR count). The molecule has 1 aromatic heterocycles. The molecule has 0 radical (unpaired) electrons. The molecule has 1 aromatic carbocycles. The highest BCUT2D eigenvalue weighted by Crippen LogP contribution is 2.29. The average molecular weight is 248 g/mol. The van der Waals surface area contributed by atoms with Gasteiger partial charge in [0.05, 0.1) is 12.2 Å². The molecule has 0 saturated carbocycles. The Morgan fingerprint density at radius 2 is 2.24 bits per heavy atom. The quantitative estimate of drug-likeness (QED) is 0.900. The largest absolute Gasteiger partial charge is 0.494 e. The number of carboxylic acid groups (broad SMARTS) is 1. The Morgan fingerprint density at radius 1 is 1.41 bits per heavy atom. The van der Waals surface area contributed by atoms with Crippen LogP contribution in [0.3, 0.4) is 0 Å². The van der Waals surface area contributed by atoms with E-state index >= 15 is 0 Å². The first kappa shape index (κ1) is 11.7. The van der Waals surface area contributed by atoms with E-state index in [0.717, 1.165) is 16.2 Å². The topological polar surface area (TPSA) is 46.5 Å². The predicted octanol–water partition coefficient (Wildman–Crippen LogP) is 3.51. The lowest BCUT2D eigenvalue weighted by Crippen LogP contribution is -1.92. The number of ether oxygens (including phenoxy) is 1. The van der Waals surface area contributed by atoms with E-state index in [1.807, 2.05) is 31.2 Å². The zero-order chi connectivity index (χ0) is 12.3. The maximum atomic E-state index is 10.8. The Hall–Kier alpha value is -1.81. The monoisotopic (exact) mass is 248 g/mol. The second-order valence-corrected chi connectivity index (χ2v) is 4.38. The molecule has 0 aliphatic carbocycles. The summed E-state index contributed by atoms with van der Waals surface area (Å²) in [7, 11) is 0. The number of thiophene rings is 1. The van der Waals surface area contributed by atoms with E-state index in [-0.39, 0.29) is 0 Å². The van der Waals surface area contributed by atoms with Crippen molar-refractivity contribution in [3.63, 3.8) is 0 Å². The molecule has 0 atom stereocenters. The molecule has 4 heteroatoms. The van der Waals surface area contributed by atoms with Crippen molar-refractivity contribution in [3.05, 3.63) is 41.3 Å². The molecule has 17 heavy (non-hydrogen) atoms. The lowest BCUT2D eigenvalue weighted by molar-refractivity contribution is 0.0697. The first-order chi connectivity index (χ1) is 8.20. The van der Waals surface area contributed by atoms with Gasteiger partial charge >= 0.3 is 5.97 Å². The summed E-state index contributed by atoms with van der Waals surface area (Å²) in [4.78, 5) is 11.7. The standard InChI is InChI=1S/C13H12O3S/c1-2-16-11-5-3-4-9(6-11)12-7-10(8-17-12)13(14)15/h3-8H,2H2,1H3,(H,14,15). The molecule has 2 aromatic rings. The van der Waals surface area contributed by atoms with Gasteiger partial charge in [0, 0.05) is 10.3 Å². The van der Waals surface area contributed by atoms with Gasteiger partial charge in [0.2, 0.25) is 0 Å². The van der Waals surface area contributed by atoms with Crippen molar-refractivity contribution in [2.24, 2.45) is 0 Å². The first-order valence-corrected chi connectivity index (χ1v) is 6.13. The van der Waals surface area contributed by atoms with Crippen LogP contribution in [0.2, 0.25) is 0 Å². The SMILES string of the molecule is CCOc1cccc(-c2cc(C(=O)O)cs2)c1. The third-order valence-corrected chi connectivity index (χ3v) is 3.26. The lowest BCUT2D eigenvalue weighted by atomic mass is 10.1. The maximum Gasteiger partial charge on any atom is 0.336 e. The lowest BCUT2D eigenvalue weighted by Gasteiger charge is -2.04. The van der Waals surface area contributed by atoms with Gasteiger partial charge in [0.1, 0.15) is 5.75 Å². The van der Waals surface area contributed by atoms with Gasteiger partial charge in [-0.15, -0.1) is 11.3 Å². The molecule has 1 N–H and O–H groups in total. The third-order valence-electron chi connectivity index (χ3n) is 2.28. The van der Waals surface area contributed by atoms with E-state index in [0.29, 0.717) is 12.2 Å². The molecule has 0 spiro atoms. The summed E-state index contributed by atoms with van der Waals surface area (Å²) in [5.41, 5.74) is 1.31. The van der Waals surface area contributed by atoms with Crippen LogP contribution in [-0.4, -0.2) is 17.7 Å². The van der Waals surface area contributed by atoms with E-state index in [4.69, 9.17) is 9.84 Å². The highest BCUT2D eigenvalue weighted by Gasteiger charge is 2.08. The normalized spacial score (nSPS) is 10.2. The van der Waals surface area contributed by atoms with Gasteiger partial charge < -0.3 is 9.84 Å². The summed E-state index contributed by atoms with van der Waals surface area (Å²) in [6.45, 7) is 2.55. The van der Waals surface area contributed by atoms with Crippen LogP contribution in [0.25, 0.3) is 10.4 Å². The summed E-state index contributed by atoms with van der Waals surface area (Å²) in [5, 5.41) is 10.5.